The Bertz CT molecular complexity index is 656. The third kappa shape index (κ3) is 3.66. The van der Waals surface area contributed by atoms with Crippen molar-refractivity contribution in [2.24, 2.45) is 0 Å². The van der Waals surface area contributed by atoms with Crippen LogP contribution in [0.5, 0.6) is 11.5 Å². The Hall–Kier alpha value is -2.69. The first-order valence-corrected chi connectivity index (χ1v) is 6.47. The van der Waals surface area contributed by atoms with E-state index in [1.807, 2.05) is 6.07 Å². The van der Waals surface area contributed by atoms with Gasteiger partial charge in [-0.3, -0.25) is 4.79 Å². The van der Waals surface area contributed by atoms with Crippen LogP contribution in [0.2, 0.25) is 0 Å². The molecule has 0 aliphatic carbocycles. The number of hydrogen-bond donors (Lipinski definition) is 2. The van der Waals surface area contributed by atoms with Gasteiger partial charge < -0.3 is 20.5 Å². The highest BCUT2D eigenvalue weighted by Gasteiger charge is 2.14. The van der Waals surface area contributed by atoms with E-state index in [1.165, 1.54) is 7.11 Å². The topological polar surface area (TPSA) is 75.8 Å². The quantitative estimate of drug-likeness (QED) is 0.845. The Balaban J connectivity index is 2.17. The fourth-order valence-electron chi connectivity index (χ4n) is 2.08. The lowest BCUT2D eigenvalue weighted by molar-refractivity contribution is 0.0784. The number of nitrogen functional groups attached to an aromatic ring is 1. The molecule has 3 N–H and O–H groups in total. The molecule has 0 aromatic heterocycles. The minimum atomic E-state index is -0.163. The highest BCUT2D eigenvalue weighted by molar-refractivity contribution is 5.95. The molecule has 0 heterocycles. The van der Waals surface area contributed by atoms with Gasteiger partial charge in [0.1, 0.15) is 11.5 Å². The molecule has 0 aliphatic heterocycles. The predicted octanol–water partition coefficient (Wildman–Crippen LogP) is 2.26. The maximum Gasteiger partial charge on any atom is 0.254 e. The lowest BCUT2D eigenvalue weighted by Gasteiger charge is -2.18. The minimum absolute atomic E-state index is 0.163. The van der Waals surface area contributed by atoms with Crippen LogP contribution in [0.1, 0.15) is 15.9 Å². The molecule has 0 saturated carbocycles. The number of anilines is 1. The van der Waals surface area contributed by atoms with Gasteiger partial charge in [0, 0.05) is 30.9 Å². The number of rotatable bonds is 4. The highest BCUT2D eigenvalue weighted by Crippen LogP contribution is 2.20. The van der Waals surface area contributed by atoms with Crippen molar-refractivity contribution < 1.29 is 14.6 Å². The van der Waals surface area contributed by atoms with E-state index in [0.717, 1.165) is 5.56 Å². The van der Waals surface area contributed by atoms with Gasteiger partial charge in [0.25, 0.3) is 5.91 Å². The molecular formula is C16H18N2O3. The number of hydrogen-bond acceptors (Lipinski definition) is 4. The maximum absolute atomic E-state index is 12.4. The molecule has 0 spiro atoms. The second-order valence-corrected chi connectivity index (χ2v) is 4.83. The molecule has 2 rings (SSSR count). The summed E-state index contributed by atoms with van der Waals surface area (Å²) in [5, 5.41) is 9.45. The summed E-state index contributed by atoms with van der Waals surface area (Å²) in [6.45, 7) is 0.393. The summed E-state index contributed by atoms with van der Waals surface area (Å²) < 4.78 is 5.12. The number of amides is 1. The van der Waals surface area contributed by atoms with E-state index < -0.39 is 0 Å². The van der Waals surface area contributed by atoms with Crippen LogP contribution in [-0.4, -0.2) is 30.1 Å². The van der Waals surface area contributed by atoms with Crippen LogP contribution in [0.4, 0.5) is 5.69 Å². The molecule has 0 saturated heterocycles. The Labute approximate surface area is 123 Å². The number of nitrogens with zero attached hydrogens (tertiary/aromatic N) is 1. The fraction of sp³-hybridized carbons (Fsp3) is 0.188. The van der Waals surface area contributed by atoms with Crippen LogP contribution in [0.25, 0.3) is 0 Å². The van der Waals surface area contributed by atoms with Crippen LogP contribution in [0.15, 0.2) is 42.5 Å². The van der Waals surface area contributed by atoms with Gasteiger partial charge in [-0.05, 0) is 29.8 Å². The predicted molar refractivity (Wildman–Crippen MR) is 81.3 cm³/mol. The summed E-state index contributed by atoms with van der Waals surface area (Å²) in [6.07, 6.45) is 0. The Kier molecular flexibility index (Phi) is 4.33. The molecule has 21 heavy (non-hydrogen) atoms. The Morgan fingerprint density at radius 1 is 1.29 bits per heavy atom. The van der Waals surface area contributed by atoms with Crippen LogP contribution >= 0.6 is 0 Å². The molecule has 5 nitrogen and oxygen atoms in total. The van der Waals surface area contributed by atoms with Crippen molar-refractivity contribution in [3.8, 4) is 11.5 Å². The first kappa shape index (κ1) is 14.7. The summed E-state index contributed by atoms with van der Waals surface area (Å²) in [7, 11) is 3.22. The summed E-state index contributed by atoms with van der Waals surface area (Å²) in [5.74, 6) is 0.562. The average molecular weight is 286 g/mol. The number of phenolic OH excluding ortho intramolecular Hbond substituents is 1. The first-order chi connectivity index (χ1) is 9.99. The van der Waals surface area contributed by atoms with Crippen molar-refractivity contribution in [2.75, 3.05) is 19.9 Å². The average Bonchev–Trinajstić information content (AvgIpc) is 2.45. The molecule has 2 aromatic carbocycles. The molecule has 0 aliphatic rings. The molecule has 0 radical (unpaired) electrons. The monoisotopic (exact) mass is 286 g/mol. The van der Waals surface area contributed by atoms with E-state index >= 15 is 0 Å². The van der Waals surface area contributed by atoms with Gasteiger partial charge in [-0.25, -0.2) is 0 Å². The summed E-state index contributed by atoms with van der Waals surface area (Å²) >= 11 is 0. The van der Waals surface area contributed by atoms with Gasteiger partial charge in [-0.2, -0.15) is 0 Å². The van der Waals surface area contributed by atoms with E-state index in [1.54, 1.807) is 48.3 Å². The van der Waals surface area contributed by atoms with E-state index in [0.29, 0.717) is 23.5 Å². The third-order valence-electron chi connectivity index (χ3n) is 3.09. The highest BCUT2D eigenvalue weighted by atomic mass is 16.5. The van der Waals surface area contributed by atoms with Crippen molar-refractivity contribution in [3.63, 3.8) is 0 Å². The van der Waals surface area contributed by atoms with Gasteiger partial charge in [-0.15, -0.1) is 0 Å². The van der Waals surface area contributed by atoms with E-state index in [-0.39, 0.29) is 11.7 Å². The fourth-order valence-corrected chi connectivity index (χ4v) is 2.08. The number of nitrogens with two attached hydrogens (primary N) is 1. The summed E-state index contributed by atoms with van der Waals surface area (Å²) in [5.41, 5.74) is 7.55. The largest absolute Gasteiger partial charge is 0.508 e. The van der Waals surface area contributed by atoms with Gasteiger partial charge in [0.15, 0.2) is 0 Å². The van der Waals surface area contributed by atoms with E-state index in [2.05, 4.69) is 0 Å². The summed E-state index contributed by atoms with van der Waals surface area (Å²) in [6, 6.07) is 11.7. The van der Waals surface area contributed by atoms with Gasteiger partial charge in [0.2, 0.25) is 0 Å². The molecule has 0 unspecified atom stereocenters. The number of phenols is 1. The van der Waals surface area contributed by atoms with Crippen LogP contribution in [0, 0.1) is 0 Å². The van der Waals surface area contributed by atoms with E-state index in [9.17, 15) is 9.90 Å². The maximum atomic E-state index is 12.4. The van der Waals surface area contributed by atoms with Crippen molar-refractivity contribution >= 4 is 11.6 Å². The van der Waals surface area contributed by atoms with Gasteiger partial charge in [-0.1, -0.05) is 12.1 Å². The van der Waals surface area contributed by atoms with Crippen LogP contribution in [-0.2, 0) is 6.54 Å². The Morgan fingerprint density at radius 2 is 2.05 bits per heavy atom. The second kappa shape index (κ2) is 6.17. The molecule has 1 amide bonds. The lowest BCUT2D eigenvalue weighted by atomic mass is 10.1. The molecule has 0 atom stereocenters. The van der Waals surface area contributed by atoms with Crippen molar-refractivity contribution in [1.29, 1.82) is 0 Å². The van der Waals surface area contributed by atoms with Crippen LogP contribution in [0.3, 0.4) is 0 Å². The summed E-state index contributed by atoms with van der Waals surface area (Å²) in [4.78, 5) is 14.0. The zero-order valence-corrected chi connectivity index (χ0v) is 12.0. The Morgan fingerprint density at radius 3 is 2.71 bits per heavy atom. The lowest BCUT2D eigenvalue weighted by Crippen LogP contribution is -2.26. The molecule has 2 aromatic rings. The van der Waals surface area contributed by atoms with Gasteiger partial charge in [0.05, 0.1) is 7.11 Å². The van der Waals surface area contributed by atoms with E-state index in [4.69, 9.17) is 10.5 Å². The molecule has 0 fully saturated rings. The number of aromatic hydroxyl groups is 1. The molecule has 110 valence electrons. The zero-order valence-electron chi connectivity index (χ0n) is 12.0. The van der Waals surface area contributed by atoms with Gasteiger partial charge >= 0.3 is 0 Å². The molecular weight excluding hydrogens is 268 g/mol. The molecule has 0 bridgehead atoms. The third-order valence-corrected chi connectivity index (χ3v) is 3.09. The second-order valence-electron chi connectivity index (χ2n) is 4.83. The van der Waals surface area contributed by atoms with Crippen molar-refractivity contribution in [2.45, 2.75) is 6.54 Å². The molecule has 5 heteroatoms. The number of carbonyl (C=O) groups excluding carboxylic acids is 1. The zero-order chi connectivity index (χ0) is 15.4. The van der Waals surface area contributed by atoms with Crippen molar-refractivity contribution in [1.82, 2.24) is 4.90 Å². The number of carbonyl (C=O) groups is 1. The smallest absolute Gasteiger partial charge is 0.254 e. The normalized spacial score (nSPS) is 10.2. The number of methoxy groups -OCH3 is 1. The minimum Gasteiger partial charge on any atom is -0.508 e. The van der Waals surface area contributed by atoms with Crippen molar-refractivity contribution in [3.05, 3.63) is 53.6 Å². The number of benzene rings is 2. The SMILES string of the molecule is COc1cc(N)cc(C(=O)N(C)Cc2cccc(O)c2)c1. The number of ether oxygens (including phenoxy) is 1. The first-order valence-electron chi connectivity index (χ1n) is 6.47. The van der Waals surface area contributed by atoms with Crippen LogP contribution < -0.4 is 10.5 Å². The standard InChI is InChI=1S/C16H18N2O3/c1-18(10-11-4-3-5-14(19)6-11)16(20)12-7-13(17)9-15(8-12)21-2/h3-9,19H,10,17H2,1-2H3.